The van der Waals surface area contributed by atoms with Crippen LogP contribution in [0.2, 0.25) is 0 Å². The highest BCUT2D eigenvalue weighted by molar-refractivity contribution is 6.04. The zero-order valence-corrected chi connectivity index (χ0v) is 15.9. The van der Waals surface area contributed by atoms with E-state index in [1.165, 1.54) is 7.11 Å². The van der Waals surface area contributed by atoms with E-state index in [4.69, 9.17) is 4.74 Å². The number of amides is 2. The summed E-state index contributed by atoms with van der Waals surface area (Å²) in [6.07, 6.45) is 3.96. The van der Waals surface area contributed by atoms with E-state index in [9.17, 15) is 14.4 Å². The number of carbonyl (C=O) groups excluding carboxylic acids is 3. The number of methoxy groups -OCH3 is 1. The molecule has 0 saturated heterocycles. The molecule has 0 unspecified atom stereocenters. The van der Waals surface area contributed by atoms with Crippen molar-refractivity contribution >= 4 is 23.5 Å². The molecule has 0 spiro atoms. The molecule has 0 heterocycles. The number of esters is 1. The third-order valence-corrected chi connectivity index (χ3v) is 5.08. The first-order chi connectivity index (χ1) is 13.5. The van der Waals surface area contributed by atoms with Crippen LogP contribution in [-0.2, 0) is 9.53 Å². The second-order valence-electron chi connectivity index (χ2n) is 6.99. The largest absolute Gasteiger partial charge is 0.467 e. The van der Waals surface area contributed by atoms with E-state index in [2.05, 4.69) is 10.6 Å². The minimum atomic E-state index is -0.954. The predicted octanol–water partition coefficient (Wildman–Crippen LogP) is 3.54. The van der Waals surface area contributed by atoms with Crippen molar-refractivity contribution in [3.63, 3.8) is 0 Å². The van der Waals surface area contributed by atoms with Gasteiger partial charge in [-0.3, -0.25) is 9.59 Å². The average Bonchev–Trinajstić information content (AvgIpc) is 2.74. The maximum atomic E-state index is 12.7. The molecule has 1 aliphatic rings. The molecule has 0 radical (unpaired) electrons. The predicted molar refractivity (Wildman–Crippen MR) is 106 cm³/mol. The molecule has 2 amide bonds. The van der Waals surface area contributed by atoms with Gasteiger partial charge in [0.1, 0.15) is 5.54 Å². The number of carbonyl (C=O) groups is 3. The van der Waals surface area contributed by atoms with Crippen LogP contribution in [0.15, 0.2) is 54.6 Å². The van der Waals surface area contributed by atoms with Crippen LogP contribution in [-0.4, -0.2) is 30.4 Å². The normalized spacial score (nSPS) is 15.3. The Morgan fingerprint density at radius 3 is 2.04 bits per heavy atom. The number of anilines is 1. The SMILES string of the molecule is COC(=O)C1(NC(=O)c2ccc(NC(=O)c3ccccc3)cc2)CCCCC1. The Balaban J connectivity index is 1.67. The lowest BCUT2D eigenvalue weighted by atomic mass is 9.81. The van der Waals surface area contributed by atoms with Crippen molar-refractivity contribution in [1.29, 1.82) is 0 Å². The number of rotatable bonds is 5. The Kier molecular flexibility index (Phi) is 6.09. The second-order valence-corrected chi connectivity index (χ2v) is 6.99. The maximum Gasteiger partial charge on any atom is 0.331 e. The summed E-state index contributed by atoms with van der Waals surface area (Å²) >= 11 is 0. The number of hydrogen-bond acceptors (Lipinski definition) is 4. The van der Waals surface area contributed by atoms with E-state index in [1.54, 1.807) is 48.5 Å². The summed E-state index contributed by atoms with van der Waals surface area (Å²) in [5.41, 5.74) is 0.614. The molecule has 28 heavy (non-hydrogen) atoms. The highest BCUT2D eigenvalue weighted by Gasteiger charge is 2.42. The first kappa shape index (κ1) is 19.6. The van der Waals surface area contributed by atoms with Gasteiger partial charge in [0.05, 0.1) is 7.11 Å². The number of hydrogen-bond donors (Lipinski definition) is 2. The first-order valence-corrected chi connectivity index (χ1v) is 9.41. The fourth-order valence-corrected chi connectivity index (χ4v) is 3.52. The molecule has 0 bridgehead atoms. The number of ether oxygens (including phenoxy) is 1. The van der Waals surface area contributed by atoms with Crippen molar-refractivity contribution in [3.05, 3.63) is 65.7 Å². The average molecular weight is 380 g/mol. The summed E-state index contributed by atoms with van der Waals surface area (Å²) < 4.78 is 4.93. The zero-order chi connectivity index (χ0) is 20.0. The van der Waals surface area contributed by atoms with Gasteiger partial charge in [-0.05, 0) is 49.2 Å². The molecule has 1 saturated carbocycles. The first-order valence-electron chi connectivity index (χ1n) is 9.41. The smallest absolute Gasteiger partial charge is 0.331 e. The topological polar surface area (TPSA) is 84.5 Å². The van der Waals surface area contributed by atoms with Crippen LogP contribution in [0.3, 0.4) is 0 Å². The fourth-order valence-electron chi connectivity index (χ4n) is 3.52. The zero-order valence-electron chi connectivity index (χ0n) is 15.9. The summed E-state index contributed by atoms with van der Waals surface area (Å²) in [6.45, 7) is 0. The Morgan fingerprint density at radius 2 is 1.43 bits per heavy atom. The lowest BCUT2D eigenvalue weighted by Crippen LogP contribution is -2.56. The van der Waals surface area contributed by atoms with Crippen LogP contribution in [0.1, 0.15) is 52.8 Å². The highest BCUT2D eigenvalue weighted by atomic mass is 16.5. The Morgan fingerprint density at radius 1 is 0.821 bits per heavy atom. The van der Waals surface area contributed by atoms with Gasteiger partial charge >= 0.3 is 5.97 Å². The van der Waals surface area contributed by atoms with Gasteiger partial charge in [-0.15, -0.1) is 0 Å². The van der Waals surface area contributed by atoms with E-state index in [0.29, 0.717) is 29.7 Å². The van der Waals surface area contributed by atoms with Crippen LogP contribution < -0.4 is 10.6 Å². The van der Waals surface area contributed by atoms with Crippen molar-refractivity contribution in [1.82, 2.24) is 5.32 Å². The minimum Gasteiger partial charge on any atom is -0.467 e. The van der Waals surface area contributed by atoms with Gasteiger partial charge in [-0.25, -0.2) is 4.79 Å². The lowest BCUT2D eigenvalue weighted by molar-refractivity contribution is -0.149. The molecule has 0 aromatic heterocycles. The van der Waals surface area contributed by atoms with E-state index >= 15 is 0 Å². The molecular formula is C22H24N2O4. The molecule has 3 rings (SSSR count). The van der Waals surface area contributed by atoms with Crippen LogP contribution in [0.4, 0.5) is 5.69 Å². The van der Waals surface area contributed by atoms with Crippen LogP contribution >= 0.6 is 0 Å². The Bertz CT molecular complexity index is 841. The molecule has 2 aromatic carbocycles. The van der Waals surface area contributed by atoms with E-state index < -0.39 is 11.5 Å². The van der Waals surface area contributed by atoms with Gasteiger partial charge < -0.3 is 15.4 Å². The Hall–Kier alpha value is -3.15. The van der Waals surface area contributed by atoms with Crippen LogP contribution in [0, 0.1) is 0 Å². The van der Waals surface area contributed by atoms with Gasteiger partial charge in [0, 0.05) is 16.8 Å². The summed E-state index contributed by atoms with van der Waals surface area (Å²) in [5.74, 6) is -0.940. The summed E-state index contributed by atoms with van der Waals surface area (Å²) in [6, 6.07) is 15.5. The van der Waals surface area contributed by atoms with Crippen LogP contribution in [0.5, 0.6) is 0 Å². The summed E-state index contributed by atoms with van der Waals surface area (Å²) in [4.78, 5) is 37.2. The van der Waals surface area contributed by atoms with Gasteiger partial charge in [0.15, 0.2) is 0 Å². The molecule has 146 valence electrons. The summed E-state index contributed by atoms with van der Waals surface area (Å²) in [5, 5.41) is 5.68. The van der Waals surface area contributed by atoms with E-state index in [0.717, 1.165) is 19.3 Å². The fraction of sp³-hybridized carbons (Fsp3) is 0.318. The number of nitrogens with one attached hydrogen (secondary N) is 2. The highest BCUT2D eigenvalue weighted by Crippen LogP contribution is 2.29. The quantitative estimate of drug-likeness (QED) is 0.777. The monoisotopic (exact) mass is 380 g/mol. The maximum absolute atomic E-state index is 12.7. The molecule has 0 aliphatic heterocycles. The van der Waals surface area contributed by atoms with Crippen molar-refractivity contribution in [2.45, 2.75) is 37.6 Å². The molecule has 6 nitrogen and oxygen atoms in total. The van der Waals surface area contributed by atoms with Crippen LogP contribution in [0.25, 0.3) is 0 Å². The van der Waals surface area contributed by atoms with Gasteiger partial charge in [0.2, 0.25) is 0 Å². The lowest BCUT2D eigenvalue weighted by Gasteiger charge is -2.35. The standard InChI is InChI=1S/C22H24N2O4/c1-28-21(27)22(14-6-3-7-15-22)24-20(26)17-10-12-18(13-11-17)23-19(25)16-8-4-2-5-9-16/h2,4-5,8-13H,3,6-7,14-15H2,1H3,(H,23,25)(H,24,26). The van der Waals surface area contributed by atoms with E-state index in [1.807, 2.05) is 6.07 Å². The van der Waals surface area contributed by atoms with E-state index in [-0.39, 0.29) is 11.8 Å². The second kappa shape index (κ2) is 8.69. The number of benzene rings is 2. The van der Waals surface area contributed by atoms with Gasteiger partial charge in [0.25, 0.3) is 11.8 Å². The van der Waals surface area contributed by atoms with Crippen molar-refractivity contribution in [3.8, 4) is 0 Å². The molecular weight excluding hydrogens is 356 g/mol. The third-order valence-electron chi connectivity index (χ3n) is 5.08. The van der Waals surface area contributed by atoms with Crippen molar-refractivity contribution < 1.29 is 19.1 Å². The third kappa shape index (κ3) is 4.39. The molecule has 6 heteroatoms. The summed E-state index contributed by atoms with van der Waals surface area (Å²) in [7, 11) is 1.34. The molecule has 1 fully saturated rings. The minimum absolute atomic E-state index is 0.218. The van der Waals surface area contributed by atoms with Crippen molar-refractivity contribution in [2.75, 3.05) is 12.4 Å². The molecule has 2 aromatic rings. The van der Waals surface area contributed by atoms with Gasteiger partial charge in [-0.2, -0.15) is 0 Å². The Labute approximate surface area is 164 Å². The van der Waals surface area contributed by atoms with Crippen molar-refractivity contribution in [2.24, 2.45) is 0 Å². The molecule has 1 aliphatic carbocycles. The molecule has 0 atom stereocenters. The van der Waals surface area contributed by atoms with Gasteiger partial charge in [-0.1, -0.05) is 37.5 Å². The molecule has 2 N–H and O–H groups in total.